The van der Waals surface area contributed by atoms with Crippen molar-refractivity contribution < 1.29 is 5.11 Å². The average molecular weight is 330 g/mol. The van der Waals surface area contributed by atoms with Gasteiger partial charge in [-0.15, -0.1) is 0 Å². The third-order valence-electron chi connectivity index (χ3n) is 2.69. The number of aryl methyl sites for hydroxylation is 1. The van der Waals surface area contributed by atoms with Gasteiger partial charge in [0, 0.05) is 11.6 Å². The summed E-state index contributed by atoms with van der Waals surface area (Å²) < 4.78 is 2.62. The molecule has 0 aliphatic heterocycles. The fraction of sp³-hybridized carbons (Fsp3) is 0.308. The fourth-order valence-electron chi connectivity index (χ4n) is 1.87. The van der Waals surface area contributed by atoms with Crippen molar-refractivity contribution in [2.45, 2.75) is 26.0 Å². The lowest BCUT2D eigenvalue weighted by Gasteiger charge is -2.14. The minimum atomic E-state index is -0.730. The Morgan fingerprint density at radius 1 is 1.50 bits per heavy atom. The van der Waals surface area contributed by atoms with Crippen molar-refractivity contribution in [1.29, 1.82) is 0 Å². The van der Waals surface area contributed by atoms with E-state index in [1.807, 2.05) is 16.8 Å². The van der Waals surface area contributed by atoms with E-state index in [-0.39, 0.29) is 0 Å². The standard InChI is InChI=1S/C13H14BrClN2O/c1-2-6-17-12(11(14)8-16-17)13(18)9-4-3-5-10(15)7-9/h3-5,7-8,13,18H,2,6H2,1H3. The number of hydrogen-bond acceptors (Lipinski definition) is 2. The SMILES string of the molecule is CCCn1ncc(Br)c1C(O)c1cccc(Cl)c1. The Bertz CT molecular complexity index is 542. The molecule has 2 aromatic rings. The van der Waals surface area contributed by atoms with Crippen molar-refractivity contribution in [2.24, 2.45) is 0 Å². The van der Waals surface area contributed by atoms with Crippen LogP contribution in [0.1, 0.15) is 30.7 Å². The highest BCUT2D eigenvalue weighted by Gasteiger charge is 2.19. The second-order valence-electron chi connectivity index (χ2n) is 4.06. The molecule has 96 valence electrons. The van der Waals surface area contributed by atoms with Crippen molar-refractivity contribution in [2.75, 3.05) is 0 Å². The van der Waals surface area contributed by atoms with Crippen LogP contribution >= 0.6 is 27.5 Å². The zero-order valence-electron chi connectivity index (χ0n) is 9.98. The van der Waals surface area contributed by atoms with Crippen LogP contribution in [0.2, 0.25) is 5.02 Å². The van der Waals surface area contributed by atoms with Gasteiger partial charge < -0.3 is 5.11 Å². The van der Waals surface area contributed by atoms with Crippen molar-refractivity contribution in [3.8, 4) is 0 Å². The maximum Gasteiger partial charge on any atom is 0.122 e. The second kappa shape index (κ2) is 5.87. The highest BCUT2D eigenvalue weighted by molar-refractivity contribution is 9.10. The first-order chi connectivity index (χ1) is 8.63. The Hall–Kier alpha value is -0.840. The number of aromatic nitrogens is 2. The van der Waals surface area contributed by atoms with Crippen LogP contribution in [0, 0.1) is 0 Å². The molecule has 0 saturated carbocycles. The van der Waals surface area contributed by atoms with Gasteiger partial charge >= 0.3 is 0 Å². The number of benzene rings is 1. The zero-order chi connectivity index (χ0) is 13.1. The summed E-state index contributed by atoms with van der Waals surface area (Å²) in [7, 11) is 0. The number of aliphatic hydroxyl groups is 1. The Morgan fingerprint density at radius 3 is 2.94 bits per heavy atom. The first-order valence-corrected chi connectivity index (χ1v) is 6.95. The topological polar surface area (TPSA) is 38.0 Å². The summed E-state index contributed by atoms with van der Waals surface area (Å²) in [6, 6.07) is 7.24. The molecule has 0 fully saturated rings. The van der Waals surface area contributed by atoms with Gasteiger partial charge in [-0.3, -0.25) is 4.68 Å². The highest BCUT2D eigenvalue weighted by Crippen LogP contribution is 2.29. The molecule has 1 atom stereocenters. The van der Waals surface area contributed by atoms with Gasteiger partial charge in [0.15, 0.2) is 0 Å². The Balaban J connectivity index is 2.39. The molecule has 1 N–H and O–H groups in total. The van der Waals surface area contributed by atoms with E-state index in [2.05, 4.69) is 28.0 Å². The lowest BCUT2D eigenvalue weighted by molar-refractivity contribution is 0.206. The predicted octanol–water partition coefficient (Wildman–Crippen LogP) is 3.79. The van der Waals surface area contributed by atoms with Crippen LogP contribution in [-0.4, -0.2) is 14.9 Å². The molecule has 3 nitrogen and oxygen atoms in total. The van der Waals surface area contributed by atoms with Crippen LogP contribution in [0.3, 0.4) is 0 Å². The molecular weight excluding hydrogens is 316 g/mol. The lowest BCUT2D eigenvalue weighted by atomic mass is 10.1. The maximum atomic E-state index is 10.4. The minimum absolute atomic E-state index is 0.615. The summed E-state index contributed by atoms with van der Waals surface area (Å²) in [5.41, 5.74) is 1.53. The summed E-state index contributed by atoms with van der Waals surface area (Å²) in [4.78, 5) is 0. The van der Waals surface area contributed by atoms with Gasteiger partial charge in [-0.1, -0.05) is 30.7 Å². The minimum Gasteiger partial charge on any atom is -0.382 e. The number of rotatable bonds is 4. The fourth-order valence-corrected chi connectivity index (χ4v) is 2.58. The molecule has 5 heteroatoms. The average Bonchev–Trinajstić information content (AvgIpc) is 2.70. The molecular formula is C13H14BrClN2O. The molecule has 18 heavy (non-hydrogen) atoms. The monoisotopic (exact) mass is 328 g/mol. The Morgan fingerprint density at radius 2 is 2.28 bits per heavy atom. The molecule has 1 aromatic heterocycles. The Kier molecular flexibility index (Phi) is 4.43. The van der Waals surface area contributed by atoms with Gasteiger partial charge in [0.25, 0.3) is 0 Å². The third kappa shape index (κ3) is 2.76. The summed E-state index contributed by atoms with van der Waals surface area (Å²) in [5, 5.41) is 15.3. The number of hydrogen-bond donors (Lipinski definition) is 1. The molecule has 0 saturated heterocycles. The van der Waals surface area contributed by atoms with E-state index in [9.17, 15) is 5.11 Å². The van der Waals surface area contributed by atoms with Crippen LogP contribution < -0.4 is 0 Å². The molecule has 0 aliphatic carbocycles. The van der Waals surface area contributed by atoms with Gasteiger partial charge in [0.05, 0.1) is 16.4 Å². The first-order valence-electron chi connectivity index (χ1n) is 5.78. The highest BCUT2D eigenvalue weighted by atomic mass is 79.9. The van der Waals surface area contributed by atoms with E-state index in [1.165, 1.54) is 0 Å². The zero-order valence-corrected chi connectivity index (χ0v) is 12.3. The summed E-state index contributed by atoms with van der Waals surface area (Å²) in [6.07, 6.45) is 1.94. The van der Waals surface area contributed by atoms with E-state index < -0.39 is 6.10 Å². The van der Waals surface area contributed by atoms with Crippen LogP contribution in [0.5, 0.6) is 0 Å². The van der Waals surface area contributed by atoms with E-state index in [0.717, 1.165) is 28.7 Å². The quantitative estimate of drug-likeness (QED) is 0.926. The second-order valence-corrected chi connectivity index (χ2v) is 5.35. The molecule has 0 aliphatic rings. The van der Waals surface area contributed by atoms with Crippen molar-refractivity contribution >= 4 is 27.5 Å². The van der Waals surface area contributed by atoms with Crippen molar-refractivity contribution in [3.63, 3.8) is 0 Å². The maximum absolute atomic E-state index is 10.4. The molecule has 1 heterocycles. The number of aliphatic hydroxyl groups excluding tert-OH is 1. The van der Waals surface area contributed by atoms with Crippen molar-refractivity contribution in [3.05, 3.63) is 51.2 Å². The summed E-state index contributed by atoms with van der Waals surface area (Å²) in [5.74, 6) is 0. The van der Waals surface area contributed by atoms with Crippen LogP contribution in [0.4, 0.5) is 0 Å². The van der Waals surface area contributed by atoms with Gasteiger partial charge in [0.1, 0.15) is 6.10 Å². The van der Waals surface area contributed by atoms with E-state index in [4.69, 9.17) is 11.6 Å². The van der Waals surface area contributed by atoms with Crippen LogP contribution in [0.15, 0.2) is 34.9 Å². The molecule has 1 aromatic carbocycles. The molecule has 0 amide bonds. The largest absolute Gasteiger partial charge is 0.382 e. The summed E-state index contributed by atoms with van der Waals surface area (Å²) >= 11 is 9.37. The first kappa shape index (κ1) is 13.6. The smallest absolute Gasteiger partial charge is 0.122 e. The van der Waals surface area contributed by atoms with Crippen molar-refractivity contribution in [1.82, 2.24) is 9.78 Å². The predicted molar refractivity (Wildman–Crippen MR) is 75.7 cm³/mol. The normalized spacial score (nSPS) is 12.7. The third-order valence-corrected chi connectivity index (χ3v) is 3.54. The molecule has 2 rings (SSSR count). The number of nitrogens with zero attached hydrogens (tertiary/aromatic N) is 2. The van der Waals surface area contributed by atoms with Gasteiger partial charge in [-0.2, -0.15) is 5.10 Å². The Labute approximate surface area is 120 Å². The molecule has 0 spiro atoms. The van der Waals surface area contributed by atoms with E-state index in [0.29, 0.717) is 5.02 Å². The molecule has 0 bridgehead atoms. The van der Waals surface area contributed by atoms with Gasteiger partial charge in [-0.25, -0.2) is 0 Å². The van der Waals surface area contributed by atoms with Crippen LogP contribution in [-0.2, 0) is 6.54 Å². The van der Waals surface area contributed by atoms with Gasteiger partial charge in [0.2, 0.25) is 0 Å². The van der Waals surface area contributed by atoms with Crippen LogP contribution in [0.25, 0.3) is 0 Å². The van der Waals surface area contributed by atoms with Gasteiger partial charge in [-0.05, 0) is 40.0 Å². The molecule has 1 unspecified atom stereocenters. The van der Waals surface area contributed by atoms with E-state index >= 15 is 0 Å². The lowest BCUT2D eigenvalue weighted by Crippen LogP contribution is -2.10. The number of halogens is 2. The molecule has 0 radical (unpaired) electrons. The summed E-state index contributed by atoms with van der Waals surface area (Å²) in [6.45, 7) is 2.85. The van der Waals surface area contributed by atoms with E-state index in [1.54, 1.807) is 18.3 Å².